The number of carboxylic acids is 1. The van der Waals surface area contributed by atoms with Crippen LogP contribution in [0.15, 0.2) is 24.3 Å². The van der Waals surface area contributed by atoms with E-state index < -0.39 is 5.97 Å². The Kier molecular flexibility index (Phi) is 5.41. The molecule has 0 saturated carbocycles. The highest BCUT2D eigenvalue weighted by molar-refractivity contribution is 5.73. The topological polar surface area (TPSA) is 49.8 Å². The monoisotopic (exact) mass is 277 g/mol. The van der Waals surface area contributed by atoms with Crippen molar-refractivity contribution in [2.75, 3.05) is 24.6 Å². The number of hydrogen-bond acceptors (Lipinski definition) is 3. The summed E-state index contributed by atoms with van der Waals surface area (Å²) in [5.74, 6) is -0.789. The van der Waals surface area contributed by atoms with Gasteiger partial charge in [0.1, 0.15) is 6.54 Å². The molecule has 1 aromatic rings. The zero-order chi connectivity index (χ0) is 14.4. The fraction of sp³-hybridized carbons (Fsp3) is 0.562. The van der Waals surface area contributed by atoms with E-state index >= 15 is 0 Å². The minimum absolute atomic E-state index is 0.0502. The molecular formula is C16H23NO3. The number of ether oxygens (including phenoxy) is 1. The van der Waals surface area contributed by atoms with Crippen LogP contribution < -0.4 is 4.90 Å². The van der Waals surface area contributed by atoms with Gasteiger partial charge in [-0.2, -0.15) is 0 Å². The van der Waals surface area contributed by atoms with Gasteiger partial charge in [-0.3, -0.25) is 4.79 Å². The molecule has 0 spiro atoms. The average molecular weight is 277 g/mol. The number of aryl methyl sites for hydroxylation is 1. The highest BCUT2D eigenvalue weighted by Gasteiger charge is 2.16. The zero-order valence-electron chi connectivity index (χ0n) is 12.0. The molecule has 1 saturated heterocycles. The molecular weight excluding hydrogens is 254 g/mol. The first-order valence-electron chi connectivity index (χ1n) is 7.30. The standard InChI is InChI=1S/C16H23NO3/c1-13-6-8-14(9-7-13)17(12-16(18)19)10-2-4-15-5-3-11-20-15/h6-9,15H,2-5,10-12H2,1H3,(H,18,19). The Labute approximate surface area is 120 Å². The van der Waals surface area contributed by atoms with Gasteiger partial charge in [-0.1, -0.05) is 17.7 Å². The van der Waals surface area contributed by atoms with Gasteiger partial charge in [0, 0.05) is 18.8 Å². The van der Waals surface area contributed by atoms with Gasteiger partial charge in [0.15, 0.2) is 0 Å². The first kappa shape index (κ1) is 14.9. The van der Waals surface area contributed by atoms with Crippen molar-refractivity contribution < 1.29 is 14.6 Å². The van der Waals surface area contributed by atoms with E-state index in [-0.39, 0.29) is 6.54 Å². The third-order valence-electron chi connectivity index (χ3n) is 3.70. The quantitative estimate of drug-likeness (QED) is 0.832. The maximum Gasteiger partial charge on any atom is 0.323 e. The second kappa shape index (κ2) is 7.29. The molecule has 0 radical (unpaired) electrons. The zero-order valence-corrected chi connectivity index (χ0v) is 12.0. The summed E-state index contributed by atoms with van der Waals surface area (Å²) in [4.78, 5) is 12.9. The van der Waals surface area contributed by atoms with Crippen LogP contribution in [0.4, 0.5) is 5.69 Å². The Morgan fingerprint density at radius 3 is 2.75 bits per heavy atom. The van der Waals surface area contributed by atoms with Gasteiger partial charge in [0.25, 0.3) is 0 Å². The van der Waals surface area contributed by atoms with Crippen molar-refractivity contribution in [3.05, 3.63) is 29.8 Å². The van der Waals surface area contributed by atoms with Gasteiger partial charge in [-0.25, -0.2) is 0 Å². The van der Waals surface area contributed by atoms with Crippen LogP contribution >= 0.6 is 0 Å². The molecule has 1 unspecified atom stereocenters. The van der Waals surface area contributed by atoms with Crippen molar-refractivity contribution in [1.82, 2.24) is 0 Å². The lowest BCUT2D eigenvalue weighted by Crippen LogP contribution is -2.31. The lowest BCUT2D eigenvalue weighted by Gasteiger charge is -2.23. The van der Waals surface area contributed by atoms with E-state index in [0.29, 0.717) is 6.10 Å². The maximum absolute atomic E-state index is 11.0. The minimum atomic E-state index is -0.789. The van der Waals surface area contributed by atoms with E-state index in [9.17, 15) is 4.79 Å². The van der Waals surface area contributed by atoms with Crippen molar-refractivity contribution in [3.63, 3.8) is 0 Å². The smallest absolute Gasteiger partial charge is 0.323 e. The van der Waals surface area contributed by atoms with Gasteiger partial charge >= 0.3 is 5.97 Å². The van der Waals surface area contributed by atoms with E-state index in [2.05, 4.69) is 0 Å². The fourth-order valence-electron chi connectivity index (χ4n) is 2.60. The van der Waals surface area contributed by atoms with Crippen LogP contribution in [0.2, 0.25) is 0 Å². The molecule has 4 nitrogen and oxygen atoms in total. The third-order valence-corrected chi connectivity index (χ3v) is 3.70. The number of anilines is 1. The molecule has 1 aromatic carbocycles. The molecule has 0 aliphatic carbocycles. The summed E-state index contributed by atoms with van der Waals surface area (Å²) < 4.78 is 5.60. The second-order valence-corrected chi connectivity index (χ2v) is 5.43. The average Bonchev–Trinajstić information content (AvgIpc) is 2.91. The van der Waals surface area contributed by atoms with Gasteiger partial charge in [-0.05, 0) is 44.7 Å². The summed E-state index contributed by atoms with van der Waals surface area (Å²) in [6.07, 6.45) is 4.65. The van der Waals surface area contributed by atoms with Crippen molar-refractivity contribution >= 4 is 11.7 Å². The molecule has 20 heavy (non-hydrogen) atoms. The van der Waals surface area contributed by atoms with Crippen LogP contribution in [-0.4, -0.2) is 36.9 Å². The van der Waals surface area contributed by atoms with Crippen molar-refractivity contribution in [3.8, 4) is 0 Å². The Bertz CT molecular complexity index is 424. The lowest BCUT2D eigenvalue weighted by atomic mass is 10.1. The van der Waals surface area contributed by atoms with Gasteiger partial charge in [0.05, 0.1) is 6.10 Å². The molecule has 0 bridgehead atoms. The first-order valence-corrected chi connectivity index (χ1v) is 7.30. The van der Waals surface area contributed by atoms with Crippen molar-refractivity contribution in [2.45, 2.75) is 38.7 Å². The SMILES string of the molecule is Cc1ccc(N(CCCC2CCCO2)CC(=O)O)cc1. The van der Waals surface area contributed by atoms with Crippen LogP contribution in [0.1, 0.15) is 31.2 Å². The number of nitrogens with zero attached hydrogens (tertiary/aromatic N) is 1. The number of carboxylic acid groups (broad SMARTS) is 1. The largest absolute Gasteiger partial charge is 0.480 e. The Balaban J connectivity index is 1.89. The Hall–Kier alpha value is -1.55. The molecule has 4 heteroatoms. The molecule has 1 aliphatic heterocycles. The van der Waals surface area contributed by atoms with Gasteiger partial charge < -0.3 is 14.7 Å². The maximum atomic E-state index is 11.0. The summed E-state index contributed by atoms with van der Waals surface area (Å²) in [7, 11) is 0. The Morgan fingerprint density at radius 1 is 1.40 bits per heavy atom. The molecule has 0 amide bonds. The van der Waals surface area contributed by atoms with E-state index in [4.69, 9.17) is 9.84 Å². The van der Waals surface area contributed by atoms with E-state index in [1.807, 2.05) is 36.1 Å². The van der Waals surface area contributed by atoms with Crippen LogP contribution in [0, 0.1) is 6.92 Å². The number of hydrogen-bond donors (Lipinski definition) is 1. The predicted octanol–water partition coefficient (Wildman–Crippen LogP) is 2.85. The highest BCUT2D eigenvalue weighted by Crippen LogP contribution is 2.19. The molecule has 1 atom stereocenters. The van der Waals surface area contributed by atoms with Gasteiger partial charge in [-0.15, -0.1) is 0 Å². The molecule has 110 valence electrons. The van der Waals surface area contributed by atoms with Crippen LogP contribution in [0.25, 0.3) is 0 Å². The highest BCUT2D eigenvalue weighted by atomic mass is 16.5. The molecule has 2 rings (SSSR count). The minimum Gasteiger partial charge on any atom is -0.480 e. The summed E-state index contributed by atoms with van der Waals surface area (Å²) >= 11 is 0. The summed E-state index contributed by atoms with van der Waals surface area (Å²) in [5.41, 5.74) is 2.16. The fourth-order valence-corrected chi connectivity index (χ4v) is 2.60. The summed E-state index contributed by atoms with van der Waals surface area (Å²) in [6, 6.07) is 8.02. The number of carbonyl (C=O) groups is 1. The van der Waals surface area contributed by atoms with Crippen molar-refractivity contribution in [2.24, 2.45) is 0 Å². The van der Waals surface area contributed by atoms with Gasteiger partial charge in [0.2, 0.25) is 0 Å². The number of aliphatic carboxylic acids is 1. The van der Waals surface area contributed by atoms with Crippen LogP contribution in [0.5, 0.6) is 0 Å². The van der Waals surface area contributed by atoms with Crippen molar-refractivity contribution in [1.29, 1.82) is 0 Å². The predicted molar refractivity (Wildman–Crippen MR) is 79.2 cm³/mol. The van der Waals surface area contributed by atoms with Crippen LogP contribution in [-0.2, 0) is 9.53 Å². The van der Waals surface area contributed by atoms with E-state index in [1.165, 1.54) is 5.56 Å². The molecule has 1 heterocycles. The normalized spacial score (nSPS) is 18.1. The van der Waals surface area contributed by atoms with E-state index in [0.717, 1.165) is 44.5 Å². The van der Waals surface area contributed by atoms with Crippen LogP contribution in [0.3, 0.4) is 0 Å². The molecule has 1 fully saturated rings. The number of rotatable bonds is 7. The molecule has 0 aromatic heterocycles. The number of benzene rings is 1. The third kappa shape index (κ3) is 4.53. The first-order chi connectivity index (χ1) is 9.65. The Morgan fingerprint density at radius 2 is 2.15 bits per heavy atom. The summed E-state index contributed by atoms with van der Waals surface area (Å²) in [6.45, 7) is 3.72. The second-order valence-electron chi connectivity index (χ2n) is 5.43. The molecule has 1 N–H and O–H groups in total. The summed E-state index contributed by atoms with van der Waals surface area (Å²) in [5, 5.41) is 9.04. The van der Waals surface area contributed by atoms with E-state index in [1.54, 1.807) is 0 Å². The molecule has 1 aliphatic rings. The lowest BCUT2D eigenvalue weighted by molar-refractivity contribution is -0.135.